The fourth-order valence-electron chi connectivity index (χ4n) is 6.05. The summed E-state index contributed by atoms with van der Waals surface area (Å²) in [7, 11) is 0. The van der Waals surface area contributed by atoms with Crippen molar-refractivity contribution in [3.05, 3.63) is 18.5 Å². The van der Waals surface area contributed by atoms with Crippen LogP contribution in [0.2, 0.25) is 0 Å². The summed E-state index contributed by atoms with van der Waals surface area (Å²) in [5, 5.41) is 25.3. The quantitative estimate of drug-likeness (QED) is 0.554. The summed E-state index contributed by atoms with van der Waals surface area (Å²) in [6, 6.07) is 2.44. The minimum Gasteiger partial charge on any atom is -0.390 e. The van der Waals surface area contributed by atoms with Gasteiger partial charge in [-0.05, 0) is 55.9 Å². The molecule has 0 amide bonds. The van der Waals surface area contributed by atoms with Crippen LogP contribution in [-0.4, -0.2) is 36.9 Å². The van der Waals surface area contributed by atoms with Crippen LogP contribution in [0.25, 0.3) is 21.6 Å². The van der Waals surface area contributed by atoms with Crippen LogP contribution in [0.4, 0.5) is 10.8 Å². The number of hydrogen-bond donors (Lipinski definition) is 4. The Bertz CT molecular complexity index is 1010. The van der Waals surface area contributed by atoms with E-state index in [1.165, 1.54) is 24.2 Å². The summed E-state index contributed by atoms with van der Waals surface area (Å²) < 4.78 is 0. The van der Waals surface area contributed by atoms with Crippen LogP contribution in [0, 0.1) is 17.8 Å². The van der Waals surface area contributed by atoms with Gasteiger partial charge in [0.2, 0.25) is 5.13 Å². The Kier molecular flexibility index (Phi) is 3.18. The van der Waals surface area contributed by atoms with Crippen molar-refractivity contribution in [3.8, 4) is 10.6 Å². The lowest BCUT2D eigenvalue weighted by atomic mass is 9.52. The maximum atomic E-state index is 10.9. The number of nitrogens with one attached hydrogen (secondary N) is 2. The third-order valence-electron chi connectivity index (χ3n) is 6.81. The molecule has 3 aromatic heterocycles. The van der Waals surface area contributed by atoms with E-state index in [4.69, 9.17) is 5.73 Å². The lowest BCUT2D eigenvalue weighted by Gasteiger charge is -2.58. The van der Waals surface area contributed by atoms with Crippen LogP contribution < -0.4 is 11.1 Å². The van der Waals surface area contributed by atoms with E-state index >= 15 is 0 Å². The molecule has 4 aliphatic carbocycles. The third kappa shape index (κ3) is 2.39. The first kappa shape index (κ1) is 15.8. The van der Waals surface area contributed by atoms with Gasteiger partial charge in [0.25, 0.3) is 0 Å². The zero-order valence-electron chi connectivity index (χ0n) is 14.9. The molecule has 0 aliphatic heterocycles. The van der Waals surface area contributed by atoms with Gasteiger partial charge in [-0.1, -0.05) is 11.3 Å². The summed E-state index contributed by atoms with van der Waals surface area (Å²) in [6.45, 7) is 0. The highest BCUT2D eigenvalue weighted by molar-refractivity contribution is 7.18. The Labute approximate surface area is 160 Å². The molecule has 4 bridgehead atoms. The second kappa shape index (κ2) is 5.42. The molecule has 7 rings (SSSR count). The van der Waals surface area contributed by atoms with Crippen molar-refractivity contribution in [2.75, 3.05) is 11.1 Å². The number of nitrogen functional groups attached to an aromatic ring is 1. The van der Waals surface area contributed by atoms with Crippen molar-refractivity contribution in [2.24, 2.45) is 17.8 Å². The zero-order valence-corrected chi connectivity index (χ0v) is 15.7. The fourth-order valence-corrected chi connectivity index (χ4v) is 6.68. The van der Waals surface area contributed by atoms with Gasteiger partial charge in [0.05, 0.1) is 16.9 Å². The number of rotatable bonds is 3. The second-order valence-electron chi connectivity index (χ2n) is 8.60. The number of nitrogens with zero attached hydrogens (tertiary/aromatic N) is 3. The van der Waals surface area contributed by atoms with Gasteiger partial charge in [0, 0.05) is 23.8 Å². The number of pyridine rings is 1. The molecule has 2 atom stereocenters. The molecule has 0 radical (unpaired) electrons. The number of nitrogens with two attached hydrogens (primary N) is 1. The van der Waals surface area contributed by atoms with Gasteiger partial charge in [-0.25, -0.2) is 4.98 Å². The van der Waals surface area contributed by atoms with E-state index in [1.54, 1.807) is 0 Å². The molecule has 0 aromatic carbocycles. The Morgan fingerprint density at radius 1 is 1.22 bits per heavy atom. The molecule has 0 spiro atoms. The zero-order chi connectivity index (χ0) is 18.2. The SMILES string of the molecule is Nc1nnc(-c2cnc3[nH]ccc3c2NC2[C@H]3CC4C[C@H]2CC(O)(C4)C3)s1. The highest BCUT2D eigenvalue weighted by atomic mass is 32.1. The number of aromatic nitrogens is 4. The summed E-state index contributed by atoms with van der Waals surface area (Å²) in [6.07, 6.45) is 9.04. The smallest absolute Gasteiger partial charge is 0.203 e. The normalized spacial score (nSPS) is 34.4. The van der Waals surface area contributed by atoms with Crippen molar-refractivity contribution in [1.29, 1.82) is 0 Å². The summed E-state index contributed by atoms with van der Waals surface area (Å²) in [5.74, 6) is 1.74. The van der Waals surface area contributed by atoms with Crippen LogP contribution in [0.15, 0.2) is 18.5 Å². The Hall–Kier alpha value is -2.19. The fraction of sp³-hybridized carbons (Fsp3) is 0.526. The number of anilines is 2. The topological polar surface area (TPSA) is 113 Å². The Morgan fingerprint density at radius 2 is 2.04 bits per heavy atom. The minimum atomic E-state index is -0.424. The maximum absolute atomic E-state index is 10.9. The highest BCUT2D eigenvalue weighted by Crippen LogP contribution is 2.56. The molecule has 4 aliphatic rings. The Balaban J connectivity index is 1.43. The van der Waals surface area contributed by atoms with Crippen molar-refractivity contribution >= 4 is 33.2 Å². The molecule has 8 heteroatoms. The van der Waals surface area contributed by atoms with Crippen LogP contribution in [0.5, 0.6) is 0 Å². The van der Waals surface area contributed by atoms with Crippen molar-refractivity contribution in [2.45, 2.75) is 43.7 Å². The van der Waals surface area contributed by atoms with Crippen LogP contribution in [0.1, 0.15) is 32.1 Å². The van der Waals surface area contributed by atoms with Crippen molar-refractivity contribution in [1.82, 2.24) is 20.2 Å². The summed E-state index contributed by atoms with van der Waals surface area (Å²) >= 11 is 1.38. The molecule has 5 N–H and O–H groups in total. The summed E-state index contributed by atoms with van der Waals surface area (Å²) in [5.41, 5.74) is 8.27. The lowest BCUT2D eigenvalue weighted by Crippen LogP contribution is -2.59. The van der Waals surface area contributed by atoms with Gasteiger partial charge in [-0.2, -0.15) is 0 Å². The van der Waals surface area contributed by atoms with Crippen LogP contribution in [-0.2, 0) is 0 Å². The molecular weight excluding hydrogens is 360 g/mol. The molecule has 3 heterocycles. The predicted molar refractivity (Wildman–Crippen MR) is 105 cm³/mol. The molecule has 4 saturated carbocycles. The molecule has 0 unspecified atom stereocenters. The summed E-state index contributed by atoms with van der Waals surface area (Å²) in [4.78, 5) is 7.75. The highest BCUT2D eigenvalue weighted by Gasteiger charge is 2.54. The average molecular weight is 382 g/mol. The van der Waals surface area contributed by atoms with E-state index in [0.29, 0.717) is 28.9 Å². The van der Waals surface area contributed by atoms with E-state index in [-0.39, 0.29) is 0 Å². The molecule has 140 valence electrons. The largest absolute Gasteiger partial charge is 0.390 e. The van der Waals surface area contributed by atoms with Crippen LogP contribution >= 0.6 is 11.3 Å². The minimum absolute atomic E-state index is 0.381. The van der Waals surface area contributed by atoms with Crippen molar-refractivity contribution < 1.29 is 5.11 Å². The van der Waals surface area contributed by atoms with Gasteiger partial charge in [0.15, 0.2) is 5.01 Å². The van der Waals surface area contributed by atoms with Crippen LogP contribution in [0.3, 0.4) is 0 Å². The molecular formula is C19H22N6OS. The first-order chi connectivity index (χ1) is 13.1. The first-order valence-corrected chi connectivity index (χ1v) is 10.4. The number of hydrogen-bond acceptors (Lipinski definition) is 7. The van der Waals surface area contributed by atoms with Gasteiger partial charge in [-0.15, -0.1) is 10.2 Å². The van der Waals surface area contributed by atoms with Crippen molar-refractivity contribution in [3.63, 3.8) is 0 Å². The van der Waals surface area contributed by atoms with E-state index in [2.05, 4.69) is 31.5 Å². The molecule has 7 nitrogen and oxygen atoms in total. The van der Waals surface area contributed by atoms with E-state index in [0.717, 1.165) is 46.6 Å². The third-order valence-corrected chi connectivity index (χ3v) is 7.60. The number of H-pyrrole nitrogens is 1. The predicted octanol–water partition coefficient (Wildman–Crippen LogP) is 3.02. The molecule has 3 aromatic rings. The molecule has 0 saturated heterocycles. The van der Waals surface area contributed by atoms with Gasteiger partial charge in [-0.3, -0.25) is 0 Å². The Morgan fingerprint density at radius 3 is 2.74 bits per heavy atom. The monoisotopic (exact) mass is 382 g/mol. The van der Waals surface area contributed by atoms with Gasteiger partial charge in [0.1, 0.15) is 5.65 Å². The standard InChI is InChI=1S/C19H22N6OS/c20-18-25-24-17(27-18)13-8-22-16-12(1-2-21-16)15(13)23-14-10-3-9-4-11(14)7-19(26,5-9)6-10/h1-2,8-11,14,26H,3-7H2,(H2,20,25)(H2,21,22,23)/t9?,10-,11-,14?,19?/m0/s1. The van der Waals surface area contributed by atoms with E-state index in [9.17, 15) is 5.11 Å². The number of aliphatic hydroxyl groups is 1. The van der Waals surface area contributed by atoms with Gasteiger partial charge >= 0.3 is 0 Å². The first-order valence-electron chi connectivity index (χ1n) is 9.62. The van der Waals surface area contributed by atoms with Gasteiger partial charge < -0.3 is 21.1 Å². The average Bonchev–Trinajstić information content (AvgIpc) is 3.25. The molecule has 27 heavy (non-hydrogen) atoms. The second-order valence-corrected chi connectivity index (χ2v) is 9.61. The number of aromatic amines is 1. The van der Waals surface area contributed by atoms with E-state index in [1.807, 2.05) is 12.4 Å². The maximum Gasteiger partial charge on any atom is 0.203 e. The lowest BCUT2D eigenvalue weighted by molar-refractivity contribution is -0.129. The number of fused-ring (bicyclic) bond motifs is 1. The molecule has 4 fully saturated rings. The van der Waals surface area contributed by atoms with E-state index < -0.39 is 5.60 Å².